The van der Waals surface area contributed by atoms with Gasteiger partial charge >= 0.3 is 0 Å². The average Bonchev–Trinajstić information content (AvgIpc) is 3.25. The van der Waals surface area contributed by atoms with E-state index in [1.54, 1.807) is 0 Å². The molecule has 1 amide bonds. The number of rotatable bonds is 4. The number of benzene rings is 1. The molecule has 4 rings (SSSR count). The topological polar surface area (TPSA) is 64.2 Å². The van der Waals surface area contributed by atoms with Crippen molar-refractivity contribution in [3.05, 3.63) is 48.4 Å². The van der Waals surface area contributed by atoms with Gasteiger partial charge in [-0.1, -0.05) is 12.1 Å². The van der Waals surface area contributed by atoms with Gasteiger partial charge in [-0.05, 0) is 31.9 Å². The smallest absolute Gasteiger partial charge is 0.223 e. The molecule has 0 spiro atoms. The second kappa shape index (κ2) is 6.70. The molecule has 3 aromatic rings. The highest BCUT2D eigenvalue weighted by atomic mass is 16.3. The fraction of sp³-hybridized carbons (Fsp3) is 0.421. The summed E-state index contributed by atoms with van der Waals surface area (Å²) in [4.78, 5) is 23.3. The van der Waals surface area contributed by atoms with Crippen molar-refractivity contribution in [1.29, 1.82) is 0 Å². The number of aromatic nitrogens is 3. The van der Waals surface area contributed by atoms with Crippen LogP contribution < -0.4 is 0 Å². The summed E-state index contributed by atoms with van der Waals surface area (Å²) in [5, 5.41) is 0. The molecule has 25 heavy (non-hydrogen) atoms. The fourth-order valence-corrected chi connectivity index (χ4v) is 3.58. The molecule has 1 aliphatic rings. The van der Waals surface area contributed by atoms with E-state index in [4.69, 9.17) is 4.42 Å². The molecule has 2 aromatic heterocycles. The number of imidazole rings is 1. The molecule has 0 unspecified atom stereocenters. The zero-order valence-electron chi connectivity index (χ0n) is 14.4. The van der Waals surface area contributed by atoms with Crippen molar-refractivity contribution < 1.29 is 9.21 Å². The summed E-state index contributed by atoms with van der Waals surface area (Å²) in [5.74, 6) is 1.81. The Morgan fingerprint density at radius 1 is 1.36 bits per heavy atom. The van der Waals surface area contributed by atoms with E-state index >= 15 is 0 Å². The van der Waals surface area contributed by atoms with Crippen LogP contribution in [0.25, 0.3) is 11.1 Å². The van der Waals surface area contributed by atoms with Crippen molar-refractivity contribution in [2.24, 2.45) is 0 Å². The number of likely N-dealkylation sites (tertiary alicyclic amines) is 1. The number of piperidine rings is 1. The number of carbonyl (C=O) groups excluding carboxylic acids is 1. The number of amides is 1. The molecule has 1 aromatic carbocycles. The van der Waals surface area contributed by atoms with Gasteiger partial charge in [0.05, 0.1) is 6.04 Å². The molecule has 1 fully saturated rings. The van der Waals surface area contributed by atoms with Gasteiger partial charge in [-0.15, -0.1) is 0 Å². The summed E-state index contributed by atoms with van der Waals surface area (Å²) in [5.41, 5.74) is 1.62. The molecule has 0 bridgehead atoms. The highest BCUT2D eigenvalue weighted by Gasteiger charge is 2.25. The SMILES string of the molecule is Cc1nccn1[C@@H]1CCCN(C(=O)CCc2nc3ccccc3o2)C1. The van der Waals surface area contributed by atoms with Crippen molar-refractivity contribution in [3.63, 3.8) is 0 Å². The molecule has 0 radical (unpaired) electrons. The Morgan fingerprint density at radius 3 is 3.04 bits per heavy atom. The van der Waals surface area contributed by atoms with E-state index in [0.717, 1.165) is 42.9 Å². The Labute approximate surface area is 146 Å². The molecular weight excluding hydrogens is 316 g/mol. The Morgan fingerprint density at radius 2 is 2.24 bits per heavy atom. The molecule has 6 nitrogen and oxygen atoms in total. The van der Waals surface area contributed by atoms with Crippen LogP contribution in [0.4, 0.5) is 0 Å². The Bertz CT molecular complexity index is 849. The summed E-state index contributed by atoms with van der Waals surface area (Å²) in [6.45, 7) is 3.59. The van der Waals surface area contributed by atoms with E-state index in [2.05, 4.69) is 14.5 Å². The van der Waals surface area contributed by atoms with Crippen molar-refractivity contribution in [2.45, 2.75) is 38.6 Å². The largest absolute Gasteiger partial charge is 0.441 e. The molecule has 1 atom stereocenters. The molecule has 0 saturated carbocycles. The first kappa shape index (κ1) is 15.9. The summed E-state index contributed by atoms with van der Waals surface area (Å²) >= 11 is 0. The lowest BCUT2D eigenvalue weighted by Gasteiger charge is -2.34. The minimum atomic E-state index is 0.171. The number of fused-ring (bicyclic) bond motifs is 1. The van der Waals surface area contributed by atoms with Gasteiger partial charge in [0, 0.05) is 38.3 Å². The van der Waals surface area contributed by atoms with E-state index in [9.17, 15) is 4.79 Å². The number of nitrogens with zero attached hydrogens (tertiary/aromatic N) is 4. The third-order valence-electron chi connectivity index (χ3n) is 4.90. The van der Waals surface area contributed by atoms with Gasteiger partial charge in [0.15, 0.2) is 11.5 Å². The monoisotopic (exact) mass is 338 g/mol. The highest BCUT2D eigenvalue weighted by Crippen LogP contribution is 2.23. The Kier molecular flexibility index (Phi) is 4.26. The summed E-state index contributed by atoms with van der Waals surface area (Å²) in [6.07, 6.45) is 6.92. The van der Waals surface area contributed by atoms with E-state index in [1.807, 2.05) is 48.5 Å². The lowest BCUT2D eigenvalue weighted by molar-refractivity contribution is -0.132. The third-order valence-corrected chi connectivity index (χ3v) is 4.90. The summed E-state index contributed by atoms with van der Waals surface area (Å²) in [6, 6.07) is 8.01. The minimum Gasteiger partial charge on any atom is -0.441 e. The van der Waals surface area contributed by atoms with E-state index in [-0.39, 0.29) is 5.91 Å². The number of para-hydroxylation sites is 2. The quantitative estimate of drug-likeness (QED) is 0.733. The van der Waals surface area contributed by atoms with Crippen LogP contribution in [0.2, 0.25) is 0 Å². The van der Waals surface area contributed by atoms with Crippen molar-refractivity contribution >= 4 is 17.0 Å². The second-order valence-corrected chi connectivity index (χ2v) is 6.59. The van der Waals surface area contributed by atoms with Crippen molar-refractivity contribution in [3.8, 4) is 0 Å². The third kappa shape index (κ3) is 3.29. The normalized spacial score (nSPS) is 18.0. The van der Waals surface area contributed by atoms with Crippen LogP contribution in [0, 0.1) is 6.92 Å². The molecule has 1 aliphatic heterocycles. The van der Waals surface area contributed by atoms with Crippen LogP contribution in [0.15, 0.2) is 41.1 Å². The summed E-state index contributed by atoms with van der Waals surface area (Å²) in [7, 11) is 0. The first-order chi connectivity index (χ1) is 12.2. The van der Waals surface area contributed by atoms with Gasteiger partial charge in [0.2, 0.25) is 5.91 Å². The molecule has 1 saturated heterocycles. The number of aryl methyl sites for hydroxylation is 2. The predicted octanol–water partition coefficient (Wildman–Crippen LogP) is 3.13. The maximum absolute atomic E-state index is 12.6. The Hall–Kier alpha value is -2.63. The van der Waals surface area contributed by atoms with Crippen LogP contribution in [0.1, 0.15) is 37.0 Å². The molecule has 130 valence electrons. The van der Waals surface area contributed by atoms with Crippen LogP contribution in [0.5, 0.6) is 0 Å². The summed E-state index contributed by atoms with van der Waals surface area (Å²) < 4.78 is 7.89. The van der Waals surface area contributed by atoms with Crippen LogP contribution >= 0.6 is 0 Å². The van der Waals surface area contributed by atoms with Crippen molar-refractivity contribution in [1.82, 2.24) is 19.4 Å². The molecule has 0 aliphatic carbocycles. The van der Waals surface area contributed by atoms with Crippen LogP contribution in [0.3, 0.4) is 0 Å². The maximum atomic E-state index is 12.6. The van der Waals surface area contributed by atoms with Gasteiger partial charge in [-0.2, -0.15) is 0 Å². The minimum absolute atomic E-state index is 0.171. The maximum Gasteiger partial charge on any atom is 0.223 e. The zero-order chi connectivity index (χ0) is 17.2. The molecule has 6 heteroatoms. The number of hydrogen-bond acceptors (Lipinski definition) is 4. The standard InChI is InChI=1S/C19H22N4O2/c1-14-20-10-12-23(14)15-5-4-11-22(13-15)19(24)9-8-18-21-16-6-2-3-7-17(16)25-18/h2-3,6-7,10,12,15H,4-5,8-9,11,13H2,1H3/t15-/m1/s1. The lowest BCUT2D eigenvalue weighted by Crippen LogP contribution is -2.40. The predicted molar refractivity (Wildman–Crippen MR) is 94.1 cm³/mol. The second-order valence-electron chi connectivity index (χ2n) is 6.59. The average molecular weight is 338 g/mol. The van der Waals surface area contributed by atoms with Gasteiger partial charge in [-0.25, -0.2) is 9.97 Å². The molecular formula is C19H22N4O2. The number of carbonyl (C=O) groups is 1. The number of oxazole rings is 1. The van der Waals surface area contributed by atoms with E-state index in [1.165, 1.54) is 0 Å². The fourth-order valence-electron chi connectivity index (χ4n) is 3.58. The Balaban J connectivity index is 1.38. The zero-order valence-corrected chi connectivity index (χ0v) is 14.4. The van der Waals surface area contributed by atoms with Crippen LogP contribution in [-0.2, 0) is 11.2 Å². The van der Waals surface area contributed by atoms with Gasteiger partial charge in [0.1, 0.15) is 11.3 Å². The molecule has 0 N–H and O–H groups in total. The first-order valence-corrected chi connectivity index (χ1v) is 8.82. The lowest BCUT2D eigenvalue weighted by atomic mass is 10.0. The van der Waals surface area contributed by atoms with Crippen LogP contribution in [-0.4, -0.2) is 38.4 Å². The van der Waals surface area contributed by atoms with Gasteiger partial charge in [-0.3, -0.25) is 4.79 Å². The van der Waals surface area contributed by atoms with Gasteiger partial charge in [0.25, 0.3) is 0 Å². The highest BCUT2D eigenvalue weighted by molar-refractivity contribution is 5.77. The number of hydrogen-bond donors (Lipinski definition) is 0. The van der Waals surface area contributed by atoms with E-state index in [0.29, 0.717) is 24.8 Å². The molecule has 3 heterocycles. The first-order valence-electron chi connectivity index (χ1n) is 8.82. The van der Waals surface area contributed by atoms with E-state index < -0.39 is 0 Å². The van der Waals surface area contributed by atoms with Gasteiger partial charge < -0.3 is 13.9 Å². The van der Waals surface area contributed by atoms with Crippen molar-refractivity contribution in [2.75, 3.05) is 13.1 Å².